The molecule has 3 aromatic rings. The summed E-state index contributed by atoms with van der Waals surface area (Å²) in [6, 6.07) is 19.8. The molecule has 0 spiro atoms. The Labute approximate surface area is 130 Å². The van der Waals surface area contributed by atoms with Gasteiger partial charge >= 0.3 is 0 Å². The SMILES string of the molecule is COc1ccc(OCc2ccccc2)c2c(OC)cccc12. The first-order chi connectivity index (χ1) is 10.8. The standard InChI is InChI=1S/C19H18O3/c1-20-16-11-12-18(22-13-14-7-4-3-5-8-14)19-15(16)9-6-10-17(19)21-2/h3-12H,13H2,1-2H3. The molecule has 0 N–H and O–H groups in total. The fourth-order valence-corrected chi connectivity index (χ4v) is 2.52. The maximum absolute atomic E-state index is 6.01. The van der Waals surface area contributed by atoms with Crippen molar-refractivity contribution < 1.29 is 14.2 Å². The van der Waals surface area contributed by atoms with Crippen LogP contribution >= 0.6 is 0 Å². The lowest BCUT2D eigenvalue weighted by Crippen LogP contribution is -1.97. The van der Waals surface area contributed by atoms with Crippen molar-refractivity contribution in [3.05, 3.63) is 66.2 Å². The van der Waals surface area contributed by atoms with Crippen molar-refractivity contribution in [1.29, 1.82) is 0 Å². The molecule has 0 aliphatic carbocycles. The fraction of sp³-hybridized carbons (Fsp3) is 0.158. The first kappa shape index (κ1) is 14.3. The van der Waals surface area contributed by atoms with Crippen molar-refractivity contribution in [3.63, 3.8) is 0 Å². The highest BCUT2D eigenvalue weighted by atomic mass is 16.5. The van der Waals surface area contributed by atoms with Crippen LogP contribution in [0.2, 0.25) is 0 Å². The number of fused-ring (bicyclic) bond motifs is 1. The molecule has 3 heteroatoms. The molecule has 0 saturated carbocycles. The van der Waals surface area contributed by atoms with E-state index in [9.17, 15) is 0 Å². The zero-order chi connectivity index (χ0) is 15.4. The van der Waals surface area contributed by atoms with Crippen LogP contribution in [-0.4, -0.2) is 14.2 Å². The van der Waals surface area contributed by atoms with E-state index in [1.54, 1.807) is 14.2 Å². The van der Waals surface area contributed by atoms with Crippen LogP contribution in [0, 0.1) is 0 Å². The number of benzene rings is 3. The van der Waals surface area contributed by atoms with Gasteiger partial charge in [-0.2, -0.15) is 0 Å². The third-order valence-electron chi connectivity index (χ3n) is 3.60. The molecular formula is C19H18O3. The highest BCUT2D eigenvalue weighted by molar-refractivity contribution is 5.97. The molecule has 0 amide bonds. The van der Waals surface area contributed by atoms with E-state index < -0.39 is 0 Å². The molecule has 0 aliphatic rings. The predicted octanol–water partition coefficient (Wildman–Crippen LogP) is 4.44. The van der Waals surface area contributed by atoms with E-state index in [0.717, 1.165) is 33.6 Å². The molecule has 22 heavy (non-hydrogen) atoms. The highest BCUT2D eigenvalue weighted by Crippen LogP contribution is 2.39. The highest BCUT2D eigenvalue weighted by Gasteiger charge is 2.12. The van der Waals surface area contributed by atoms with Gasteiger partial charge in [-0.15, -0.1) is 0 Å². The third kappa shape index (κ3) is 2.70. The van der Waals surface area contributed by atoms with Gasteiger partial charge in [0.05, 0.1) is 19.6 Å². The van der Waals surface area contributed by atoms with Gasteiger partial charge < -0.3 is 14.2 Å². The van der Waals surface area contributed by atoms with Gasteiger partial charge in [0, 0.05) is 5.39 Å². The van der Waals surface area contributed by atoms with Crippen LogP contribution in [0.15, 0.2) is 60.7 Å². The first-order valence-electron chi connectivity index (χ1n) is 7.14. The van der Waals surface area contributed by atoms with Gasteiger partial charge in [-0.25, -0.2) is 0 Å². The van der Waals surface area contributed by atoms with Crippen LogP contribution < -0.4 is 14.2 Å². The Bertz CT molecular complexity index is 766. The van der Waals surface area contributed by atoms with Crippen molar-refractivity contribution in [1.82, 2.24) is 0 Å². The summed E-state index contributed by atoms with van der Waals surface area (Å²) in [6.45, 7) is 0.514. The van der Waals surface area contributed by atoms with Crippen LogP contribution in [0.4, 0.5) is 0 Å². The lowest BCUT2D eigenvalue weighted by atomic mass is 10.1. The fourth-order valence-electron chi connectivity index (χ4n) is 2.52. The van der Waals surface area contributed by atoms with Crippen LogP contribution in [-0.2, 0) is 6.61 Å². The minimum atomic E-state index is 0.514. The molecule has 0 radical (unpaired) electrons. The number of methoxy groups -OCH3 is 2. The third-order valence-corrected chi connectivity index (χ3v) is 3.60. The second-order valence-electron chi connectivity index (χ2n) is 4.92. The quantitative estimate of drug-likeness (QED) is 0.696. The zero-order valence-corrected chi connectivity index (χ0v) is 12.7. The van der Waals surface area contributed by atoms with Gasteiger partial charge in [0.1, 0.15) is 23.9 Å². The molecular weight excluding hydrogens is 276 g/mol. The first-order valence-corrected chi connectivity index (χ1v) is 7.14. The molecule has 0 heterocycles. The van der Waals surface area contributed by atoms with Gasteiger partial charge in [0.25, 0.3) is 0 Å². The second kappa shape index (κ2) is 6.39. The van der Waals surface area contributed by atoms with E-state index in [1.807, 2.05) is 60.7 Å². The minimum Gasteiger partial charge on any atom is -0.496 e. The number of hydrogen-bond donors (Lipinski definition) is 0. The van der Waals surface area contributed by atoms with Crippen molar-refractivity contribution in [2.75, 3.05) is 14.2 Å². The molecule has 0 aliphatic heterocycles. The van der Waals surface area contributed by atoms with E-state index >= 15 is 0 Å². The average Bonchev–Trinajstić information content (AvgIpc) is 2.59. The second-order valence-corrected chi connectivity index (χ2v) is 4.92. The summed E-state index contributed by atoms with van der Waals surface area (Å²) < 4.78 is 16.9. The Balaban J connectivity index is 2.02. The summed E-state index contributed by atoms with van der Waals surface area (Å²) in [7, 11) is 3.33. The average molecular weight is 294 g/mol. The smallest absolute Gasteiger partial charge is 0.131 e. The molecule has 0 bridgehead atoms. The Kier molecular flexibility index (Phi) is 4.15. The van der Waals surface area contributed by atoms with Crippen LogP contribution in [0.1, 0.15) is 5.56 Å². The molecule has 3 nitrogen and oxygen atoms in total. The summed E-state index contributed by atoms with van der Waals surface area (Å²) in [4.78, 5) is 0. The summed E-state index contributed by atoms with van der Waals surface area (Å²) in [6.07, 6.45) is 0. The van der Waals surface area contributed by atoms with E-state index in [2.05, 4.69) is 0 Å². The van der Waals surface area contributed by atoms with Crippen molar-refractivity contribution in [3.8, 4) is 17.2 Å². The molecule has 0 unspecified atom stereocenters. The lowest BCUT2D eigenvalue weighted by molar-refractivity contribution is 0.308. The topological polar surface area (TPSA) is 27.7 Å². The molecule has 3 rings (SSSR count). The molecule has 0 aromatic heterocycles. The maximum atomic E-state index is 6.01. The van der Waals surface area contributed by atoms with Gasteiger partial charge in [0.2, 0.25) is 0 Å². The maximum Gasteiger partial charge on any atom is 0.131 e. The summed E-state index contributed by atoms with van der Waals surface area (Å²) >= 11 is 0. The molecule has 0 fully saturated rings. The van der Waals surface area contributed by atoms with E-state index in [0.29, 0.717) is 6.61 Å². The van der Waals surface area contributed by atoms with Gasteiger partial charge in [0.15, 0.2) is 0 Å². The minimum absolute atomic E-state index is 0.514. The van der Waals surface area contributed by atoms with Crippen molar-refractivity contribution >= 4 is 10.8 Å². The summed E-state index contributed by atoms with van der Waals surface area (Å²) in [5, 5.41) is 1.91. The van der Waals surface area contributed by atoms with Crippen LogP contribution in [0.3, 0.4) is 0 Å². The number of hydrogen-bond acceptors (Lipinski definition) is 3. The predicted molar refractivity (Wildman–Crippen MR) is 87.8 cm³/mol. The Hall–Kier alpha value is -2.68. The summed E-state index contributed by atoms with van der Waals surface area (Å²) in [5.41, 5.74) is 1.13. The monoisotopic (exact) mass is 294 g/mol. The largest absolute Gasteiger partial charge is 0.496 e. The zero-order valence-electron chi connectivity index (χ0n) is 12.7. The molecule has 0 atom stereocenters. The Morgan fingerprint density at radius 3 is 2.14 bits per heavy atom. The number of rotatable bonds is 5. The van der Waals surface area contributed by atoms with E-state index in [1.165, 1.54) is 0 Å². The lowest BCUT2D eigenvalue weighted by Gasteiger charge is -2.14. The molecule has 0 saturated heterocycles. The van der Waals surface area contributed by atoms with Crippen molar-refractivity contribution in [2.45, 2.75) is 6.61 Å². The van der Waals surface area contributed by atoms with Crippen molar-refractivity contribution in [2.24, 2.45) is 0 Å². The van der Waals surface area contributed by atoms with Gasteiger partial charge in [-0.1, -0.05) is 42.5 Å². The summed E-state index contributed by atoms with van der Waals surface area (Å²) in [5.74, 6) is 2.37. The van der Waals surface area contributed by atoms with E-state index in [-0.39, 0.29) is 0 Å². The normalized spacial score (nSPS) is 10.5. The Morgan fingerprint density at radius 1 is 0.682 bits per heavy atom. The van der Waals surface area contributed by atoms with Crippen LogP contribution in [0.25, 0.3) is 10.8 Å². The molecule has 112 valence electrons. The van der Waals surface area contributed by atoms with Gasteiger partial charge in [-0.3, -0.25) is 0 Å². The van der Waals surface area contributed by atoms with E-state index in [4.69, 9.17) is 14.2 Å². The van der Waals surface area contributed by atoms with Gasteiger partial charge in [-0.05, 0) is 23.8 Å². The Morgan fingerprint density at radius 2 is 1.41 bits per heavy atom. The van der Waals surface area contributed by atoms with Crippen LogP contribution in [0.5, 0.6) is 17.2 Å². The molecule has 3 aromatic carbocycles. The number of ether oxygens (including phenoxy) is 3.